The van der Waals surface area contributed by atoms with Gasteiger partial charge in [0.1, 0.15) is 11.6 Å². The maximum absolute atomic E-state index is 13.6. The molecule has 0 bridgehead atoms. The molecule has 3 rings (SSSR count). The number of aryl methyl sites for hydroxylation is 1. The van der Waals surface area contributed by atoms with Crippen molar-refractivity contribution in [2.24, 2.45) is 0 Å². The Morgan fingerprint density at radius 1 is 1.21 bits per heavy atom. The average molecular weight is 418 g/mol. The van der Waals surface area contributed by atoms with Crippen molar-refractivity contribution >= 4 is 34.1 Å². The number of ether oxygens (including phenoxy) is 1. The van der Waals surface area contributed by atoms with Crippen molar-refractivity contribution < 1.29 is 13.9 Å². The minimum atomic E-state index is -0.235. The van der Waals surface area contributed by atoms with E-state index in [9.17, 15) is 9.18 Å². The molecule has 0 aliphatic heterocycles. The number of carbonyl (C=O) groups excluding carboxylic acids is 1. The number of hydrogen-bond acceptors (Lipinski definition) is 6. The predicted octanol–water partition coefficient (Wildman–Crippen LogP) is 5.08. The zero-order chi connectivity index (χ0) is 19.8. The van der Waals surface area contributed by atoms with Gasteiger partial charge in [-0.15, -0.1) is 10.2 Å². The molecule has 1 heterocycles. The van der Waals surface area contributed by atoms with Crippen molar-refractivity contribution in [3.63, 3.8) is 0 Å². The van der Waals surface area contributed by atoms with Gasteiger partial charge < -0.3 is 10.1 Å². The Bertz CT molecular complexity index is 933. The molecule has 2 aromatic carbocycles. The molecule has 1 aromatic heterocycles. The van der Waals surface area contributed by atoms with Crippen LogP contribution in [0.15, 0.2) is 52.9 Å². The van der Waals surface area contributed by atoms with Gasteiger partial charge in [0.05, 0.1) is 6.61 Å². The van der Waals surface area contributed by atoms with Crippen LogP contribution in [0, 0.1) is 12.7 Å². The number of halogens is 1. The SMILES string of the molecule is Cc1cccc(OCCCC(=O)Nc2nnc(SCc3ccccc3F)s2)c1. The van der Waals surface area contributed by atoms with E-state index in [0.29, 0.717) is 40.2 Å². The molecule has 0 fully saturated rings. The van der Waals surface area contributed by atoms with E-state index in [-0.39, 0.29) is 11.7 Å². The normalized spacial score (nSPS) is 10.6. The first-order valence-corrected chi connectivity index (χ1v) is 10.6. The van der Waals surface area contributed by atoms with Crippen molar-refractivity contribution in [2.75, 3.05) is 11.9 Å². The fourth-order valence-corrected chi connectivity index (χ4v) is 4.14. The summed E-state index contributed by atoms with van der Waals surface area (Å²) in [5.41, 5.74) is 1.75. The number of benzene rings is 2. The number of nitrogens with zero attached hydrogens (tertiary/aromatic N) is 2. The Balaban J connectivity index is 1.38. The zero-order valence-electron chi connectivity index (χ0n) is 15.4. The Kier molecular flexibility index (Phi) is 7.39. The van der Waals surface area contributed by atoms with Gasteiger partial charge in [0.2, 0.25) is 11.0 Å². The summed E-state index contributed by atoms with van der Waals surface area (Å²) >= 11 is 2.67. The van der Waals surface area contributed by atoms with Gasteiger partial charge in [-0.3, -0.25) is 4.79 Å². The number of hydrogen-bond donors (Lipinski definition) is 1. The Hall–Kier alpha value is -2.45. The van der Waals surface area contributed by atoms with E-state index in [2.05, 4.69) is 15.5 Å². The third-order valence-electron chi connectivity index (χ3n) is 3.77. The molecule has 3 aromatic rings. The summed E-state index contributed by atoms with van der Waals surface area (Å²) in [5, 5.41) is 11.2. The highest BCUT2D eigenvalue weighted by molar-refractivity contribution is 8.00. The maximum atomic E-state index is 13.6. The van der Waals surface area contributed by atoms with Gasteiger partial charge in [0.15, 0.2) is 4.34 Å². The monoisotopic (exact) mass is 417 g/mol. The van der Waals surface area contributed by atoms with Crippen molar-refractivity contribution in [3.8, 4) is 5.75 Å². The van der Waals surface area contributed by atoms with Crippen LogP contribution in [-0.2, 0) is 10.5 Å². The maximum Gasteiger partial charge on any atom is 0.226 e. The van der Waals surface area contributed by atoms with E-state index < -0.39 is 0 Å². The highest BCUT2D eigenvalue weighted by Crippen LogP contribution is 2.29. The van der Waals surface area contributed by atoms with Crippen LogP contribution in [0.5, 0.6) is 5.75 Å². The molecule has 0 aliphatic rings. The molecule has 0 atom stereocenters. The van der Waals surface area contributed by atoms with Crippen LogP contribution in [-0.4, -0.2) is 22.7 Å². The van der Waals surface area contributed by atoms with E-state index in [1.54, 1.807) is 18.2 Å². The number of carbonyl (C=O) groups is 1. The standard InChI is InChI=1S/C20H20FN3O2S2/c1-14-6-4-8-16(12-14)26-11-5-10-18(25)22-19-23-24-20(28-19)27-13-15-7-2-3-9-17(15)21/h2-4,6-9,12H,5,10-11,13H2,1H3,(H,22,23,25). The fraction of sp³-hybridized carbons (Fsp3) is 0.250. The highest BCUT2D eigenvalue weighted by atomic mass is 32.2. The Labute approximate surface area is 171 Å². The van der Waals surface area contributed by atoms with Crippen LogP contribution in [0.25, 0.3) is 0 Å². The second-order valence-electron chi connectivity index (χ2n) is 6.07. The fourth-order valence-electron chi connectivity index (χ4n) is 2.38. The lowest BCUT2D eigenvalue weighted by Crippen LogP contribution is -2.12. The average Bonchev–Trinajstić information content (AvgIpc) is 3.12. The third-order valence-corrected chi connectivity index (χ3v) is 5.79. The molecule has 0 spiro atoms. The second kappa shape index (κ2) is 10.2. The number of amides is 1. The van der Waals surface area contributed by atoms with Gasteiger partial charge in [-0.05, 0) is 42.7 Å². The lowest BCUT2D eigenvalue weighted by atomic mass is 10.2. The van der Waals surface area contributed by atoms with Gasteiger partial charge in [-0.1, -0.05) is 53.4 Å². The zero-order valence-corrected chi connectivity index (χ0v) is 17.0. The lowest BCUT2D eigenvalue weighted by Gasteiger charge is -2.06. The largest absolute Gasteiger partial charge is 0.494 e. The van der Waals surface area contributed by atoms with Crippen molar-refractivity contribution in [2.45, 2.75) is 29.9 Å². The summed E-state index contributed by atoms with van der Waals surface area (Å²) in [6, 6.07) is 14.4. The summed E-state index contributed by atoms with van der Waals surface area (Å²) in [4.78, 5) is 12.0. The summed E-state index contributed by atoms with van der Waals surface area (Å²) in [7, 11) is 0. The van der Waals surface area contributed by atoms with Gasteiger partial charge in [0.25, 0.3) is 0 Å². The lowest BCUT2D eigenvalue weighted by molar-refractivity contribution is -0.116. The molecule has 28 heavy (non-hydrogen) atoms. The molecule has 146 valence electrons. The number of anilines is 1. The smallest absolute Gasteiger partial charge is 0.226 e. The molecule has 8 heteroatoms. The number of rotatable bonds is 9. The first kappa shape index (κ1) is 20.3. The Morgan fingerprint density at radius 2 is 2.07 bits per heavy atom. The van der Waals surface area contributed by atoms with Crippen LogP contribution in [0.2, 0.25) is 0 Å². The molecule has 1 N–H and O–H groups in total. The quantitative estimate of drug-likeness (QED) is 0.299. The predicted molar refractivity (Wildman–Crippen MR) is 110 cm³/mol. The van der Waals surface area contributed by atoms with Crippen molar-refractivity contribution in [3.05, 3.63) is 65.5 Å². The number of aromatic nitrogens is 2. The van der Waals surface area contributed by atoms with E-state index in [1.165, 1.54) is 29.2 Å². The Morgan fingerprint density at radius 3 is 2.89 bits per heavy atom. The third kappa shape index (κ3) is 6.31. The summed E-state index contributed by atoms with van der Waals surface area (Å²) in [6.07, 6.45) is 0.941. The van der Waals surface area contributed by atoms with E-state index >= 15 is 0 Å². The van der Waals surface area contributed by atoms with E-state index in [1.807, 2.05) is 31.2 Å². The summed E-state index contributed by atoms with van der Waals surface area (Å²) in [5.74, 6) is 0.905. The van der Waals surface area contributed by atoms with Crippen molar-refractivity contribution in [1.29, 1.82) is 0 Å². The first-order chi connectivity index (χ1) is 13.6. The van der Waals surface area contributed by atoms with Crippen LogP contribution >= 0.6 is 23.1 Å². The molecule has 0 aliphatic carbocycles. The molecule has 0 saturated heterocycles. The highest BCUT2D eigenvalue weighted by Gasteiger charge is 2.10. The number of nitrogens with one attached hydrogen (secondary N) is 1. The minimum Gasteiger partial charge on any atom is -0.494 e. The first-order valence-electron chi connectivity index (χ1n) is 8.79. The van der Waals surface area contributed by atoms with Gasteiger partial charge in [0, 0.05) is 12.2 Å². The molecular formula is C20H20FN3O2S2. The second-order valence-corrected chi connectivity index (χ2v) is 8.27. The van der Waals surface area contributed by atoms with Gasteiger partial charge in [-0.25, -0.2) is 4.39 Å². The van der Waals surface area contributed by atoms with Crippen molar-refractivity contribution in [1.82, 2.24) is 10.2 Å². The molecule has 0 unspecified atom stereocenters. The number of thioether (sulfide) groups is 1. The van der Waals surface area contributed by atoms with Crippen LogP contribution < -0.4 is 10.1 Å². The molecule has 0 radical (unpaired) electrons. The molecular weight excluding hydrogens is 397 g/mol. The topological polar surface area (TPSA) is 64.1 Å². The molecule has 5 nitrogen and oxygen atoms in total. The summed E-state index contributed by atoms with van der Waals surface area (Å²) < 4.78 is 19.9. The summed E-state index contributed by atoms with van der Waals surface area (Å²) in [6.45, 7) is 2.47. The van der Waals surface area contributed by atoms with Gasteiger partial charge >= 0.3 is 0 Å². The molecule has 0 saturated carbocycles. The minimum absolute atomic E-state index is 0.130. The van der Waals surface area contributed by atoms with E-state index in [0.717, 1.165) is 11.3 Å². The van der Waals surface area contributed by atoms with Crippen LogP contribution in [0.3, 0.4) is 0 Å². The molecule has 1 amide bonds. The van der Waals surface area contributed by atoms with Crippen LogP contribution in [0.4, 0.5) is 9.52 Å². The van der Waals surface area contributed by atoms with Gasteiger partial charge in [-0.2, -0.15) is 0 Å². The van der Waals surface area contributed by atoms with E-state index in [4.69, 9.17) is 4.74 Å². The van der Waals surface area contributed by atoms with Crippen LogP contribution in [0.1, 0.15) is 24.0 Å².